The molecule has 0 fully saturated rings. The quantitative estimate of drug-likeness (QED) is 0.454. The lowest BCUT2D eigenvalue weighted by molar-refractivity contribution is 0.0953. The molecular formula is C19H20FN3O3S2. The number of benzene rings is 2. The standard InChI is InChI=1S/C19H20FN3O3S2/c20-16-5-7-17(8-6-16)27-14-2-12-22-19(24)15-3-9-18(10-4-15)28(25,26)23-13-1-11-21/h3-10,23H,1-2,12-14H2,(H,22,24). The zero-order chi connectivity index (χ0) is 20.4. The fourth-order valence-corrected chi connectivity index (χ4v) is 4.09. The van der Waals surface area contributed by atoms with Crippen LogP contribution >= 0.6 is 11.8 Å². The van der Waals surface area contributed by atoms with E-state index in [0.29, 0.717) is 12.1 Å². The zero-order valence-corrected chi connectivity index (χ0v) is 16.7. The summed E-state index contributed by atoms with van der Waals surface area (Å²) < 4.78 is 39.2. The molecule has 0 bridgehead atoms. The van der Waals surface area contributed by atoms with Crippen LogP contribution in [-0.4, -0.2) is 33.2 Å². The Bertz CT molecular complexity index is 924. The molecule has 0 aliphatic rings. The van der Waals surface area contributed by atoms with Gasteiger partial charge in [0.25, 0.3) is 5.91 Å². The van der Waals surface area contributed by atoms with Gasteiger partial charge in [-0.2, -0.15) is 5.26 Å². The number of nitriles is 1. The van der Waals surface area contributed by atoms with Crippen LogP contribution in [-0.2, 0) is 10.0 Å². The van der Waals surface area contributed by atoms with Gasteiger partial charge in [0.1, 0.15) is 5.82 Å². The summed E-state index contributed by atoms with van der Waals surface area (Å²) in [7, 11) is -3.69. The van der Waals surface area contributed by atoms with Crippen molar-refractivity contribution in [2.45, 2.75) is 22.6 Å². The molecular weight excluding hydrogens is 401 g/mol. The molecule has 1 amide bonds. The minimum absolute atomic E-state index is 0.0387. The van der Waals surface area contributed by atoms with Gasteiger partial charge in [-0.1, -0.05) is 0 Å². The molecule has 0 unspecified atom stereocenters. The van der Waals surface area contributed by atoms with Crippen molar-refractivity contribution in [1.29, 1.82) is 5.26 Å². The average Bonchev–Trinajstić information content (AvgIpc) is 2.69. The number of halogens is 1. The van der Waals surface area contributed by atoms with Gasteiger partial charge in [0.15, 0.2) is 0 Å². The molecule has 0 saturated carbocycles. The van der Waals surface area contributed by atoms with E-state index in [4.69, 9.17) is 5.26 Å². The second-order valence-electron chi connectivity index (χ2n) is 5.74. The van der Waals surface area contributed by atoms with Crippen molar-refractivity contribution in [3.8, 4) is 6.07 Å². The molecule has 0 heterocycles. The van der Waals surface area contributed by atoms with Gasteiger partial charge >= 0.3 is 0 Å². The highest BCUT2D eigenvalue weighted by molar-refractivity contribution is 7.99. The number of nitrogens with one attached hydrogen (secondary N) is 2. The fourth-order valence-electron chi connectivity index (χ4n) is 2.21. The zero-order valence-electron chi connectivity index (χ0n) is 15.0. The number of nitrogens with zero attached hydrogens (tertiary/aromatic N) is 1. The van der Waals surface area contributed by atoms with Gasteiger partial charge in [0.05, 0.1) is 11.0 Å². The van der Waals surface area contributed by atoms with Crippen LogP contribution in [0.25, 0.3) is 0 Å². The predicted molar refractivity (Wildman–Crippen MR) is 106 cm³/mol. The van der Waals surface area contributed by atoms with Gasteiger partial charge in [0.2, 0.25) is 10.0 Å². The van der Waals surface area contributed by atoms with Crippen molar-refractivity contribution in [1.82, 2.24) is 10.0 Å². The number of amides is 1. The maximum Gasteiger partial charge on any atom is 0.251 e. The number of carbonyl (C=O) groups is 1. The molecule has 0 spiro atoms. The third kappa shape index (κ3) is 6.96. The third-order valence-corrected chi connectivity index (χ3v) is 6.22. The van der Waals surface area contributed by atoms with Crippen LogP contribution in [0.5, 0.6) is 0 Å². The number of rotatable bonds is 10. The molecule has 2 rings (SSSR count). The lowest BCUT2D eigenvalue weighted by Crippen LogP contribution is -2.26. The van der Waals surface area contributed by atoms with Crippen molar-refractivity contribution in [2.24, 2.45) is 0 Å². The third-order valence-electron chi connectivity index (χ3n) is 3.64. The first-order valence-electron chi connectivity index (χ1n) is 8.55. The Balaban J connectivity index is 1.76. The Morgan fingerprint density at radius 3 is 2.39 bits per heavy atom. The Morgan fingerprint density at radius 2 is 1.75 bits per heavy atom. The summed E-state index contributed by atoms with van der Waals surface area (Å²) in [5, 5.41) is 11.2. The second kappa shape index (κ2) is 10.8. The Labute approximate surface area is 168 Å². The van der Waals surface area contributed by atoms with E-state index >= 15 is 0 Å². The van der Waals surface area contributed by atoms with Crippen LogP contribution in [0.1, 0.15) is 23.2 Å². The fraction of sp³-hybridized carbons (Fsp3) is 0.263. The summed E-state index contributed by atoms with van der Waals surface area (Å²) in [5.74, 6) is 0.221. The highest BCUT2D eigenvalue weighted by atomic mass is 32.2. The van der Waals surface area contributed by atoms with Crippen LogP contribution in [0.4, 0.5) is 4.39 Å². The Hall–Kier alpha value is -2.41. The first-order chi connectivity index (χ1) is 13.4. The molecule has 2 N–H and O–H groups in total. The van der Waals surface area contributed by atoms with Crippen LogP contribution in [0.3, 0.4) is 0 Å². The molecule has 9 heteroatoms. The van der Waals surface area contributed by atoms with E-state index < -0.39 is 10.0 Å². The normalized spacial score (nSPS) is 11.0. The van der Waals surface area contributed by atoms with E-state index in [9.17, 15) is 17.6 Å². The minimum atomic E-state index is -3.69. The SMILES string of the molecule is N#CCCNS(=O)(=O)c1ccc(C(=O)NCCCSc2ccc(F)cc2)cc1. The van der Waals surface area contributed by atoms with Crippen LogP contribution in [0.15, 0.2) is 58.3 Å². The number of sulfonamides is 1. The molecule has 148 valence electrons. The van der Waals surface area contributed by atoms with E-state index in [0.717, 1.165) is 17.1 Å². The Kier molecular flexibility index (Phi) is 8.44. The van der Waals surface area contributed by atoms with Gasteiger partial charge in [-0.3, -0.25) is 4.79 Å². The highest BCUT2D eigenvalue weighted by Gasteiger charge is 2.14. The lowest BCUT2D eigenvalue weighted by Gasteiger charge is -2.08. The van der Waals surface area contributed by atoms with Gasteiger partial charge in [-0.25, -0.2) is 17.5 Å². The molecule has 6 nitrogen and oxygen atoms in total. The first kappa shape index (κ1) is 21.9. The summed E-state index contributed by atoms with van der Waals surface area (Å²) in [6.07, 6.45) is 0.822. The average molecular weight is 422 g/mol. The van der Waals surface area contributed by atoms with Crippen molar-refractivity contribution in [2.75, 3.05) is 18.8 Å². The van der Waals surface area contributed by atoms with Gasteiger partial charge in [-0.15, -0.1) is 11.8 Å². The second-order valence-corrected chi connectivity index (χ2v) is 8.68. The van der Waals surface area contributed by atoms with Gasteiger partial charge < -0.3 is 5.32 Å². The van der Waals surface area contributed by atoms with Crippen molar-refractivity contribution in [3.63, 3.8) is 0 Å². The van der Waals surface area contributed by atoms with Crippen LogP contribution in [0, 0.1) is 17.1 Å². The molecule has 28 heavy (non-hydrogen) atoms. The molecule has 0 saturated heterocycles. The predicted octanol–water partition coefficient (Wildman–Crippen LogP) is 2.93. The number of hydrogen-bond acceptors (Lipinski definition) is 5. The summed E-state index contributed by atoms with van der Waals surface area (Å²) >= 11 is 1.58. The van der Waals surface area contributed by atoms with Crippen molar-refractivity contribution >= 4 is 27.7 Å². The van der Waals surface area contributed by atoms with E-state index in [2.05, 4.69) is 10.0 Å². The van der Waals surface area contributed by atoms with Gasteiger partial charge in [-0.05, 0) is 60.7 Å². The number of thioether (sulfide) groups is 1. The van der Waals surface area contributed by atoms with Crippen molar-refractivity contribution in [3.05, 3.63) is 59.9 Å². The summed E-state index contributed by atoms with van der Waals surface area (Å²) in [4.78, 5) is 13.1. The first-order valence-corrected chi connectivity index (χ1v) is 11.0. The molecule has 0 aliphatic heterocycles. The summed E-state index contributed by atoms with van der Waals surface area (Å²) in [6, 6.07) is 13.7. The lowest BCUT2D eigenvalue weighted by atomic mass is 10.2. The number of carbonyl (C=O) groups excluding carboxylic acids is 1. The molecule has 0 aromatic heterocycles. The Morgan fingerprint density at radius 1 is 1.07 bits per heavy atom. The molecule has 2 aromatic rings. The monoisotopic (exact) mass is 421 g/mol. The van der Waals surface area contributed by atoms with E-state index in [1.165, 1.54) is 36.4 Å². The molecule has 2 aromatic carbocycles. The van der Waals surface area contributed by atoms with Gasteiger partial charge in [0, 0.05) is 30.0 Å². The smallest absolute Gasteiger partial charge is 0.251 e. The van der Waals surface area contributed by atoms with E-state index in [-0.39, 0.29) is 29.6 Å². The molecule has 0 atom stereocenters. The molecule has 0 radical (unpaired) electrons. The van der Waals surface area contributed by atoms with Crippen LogP contribution < -0.4 is 10.0 Å². The molecule has 0 aliphatic carbocycles. The minimum Gasteiger partial charge on any atom is -0.352 e. The maximum absolute atomic E-state index is 12.8. The van der Waals surface area contributed by atoms with Crippen molar-refractivity contribution < 1.29 is 17.6 Å². The van der Waals surface area contributed by atoms with Crippen LogP contribution in [0.2, 0.25) is 0 Å². The maximum atomic E-state index is 12.8. The highest BCUT2D eigenvalue weighted by Crippen LogP contribution is 2.18. The number of hydrogen-bond donors (Lipinski definition) is 2. The topological polar surface area (TPSA) is 99.1 Å². The summed E-state index contributed by atoms with van der Waals surface area (Å²) in [5.41, 5.74) is 0.363. The summed E-state index contributed by atoms with van der Waals surface area (Å²) in [6.45, 7) is 0.514. The van der Waals surface area contributed by atoms with E-state index in [1.54, 1.807) is 23.9 Å². The van der Waals surface area contributed by atoms with E-state index in [1.807, 2.05) is 6.07 Å². The largest absolute Gasteiger partial charge is 0.352 e.